The van der Waals surface area contributed by atoms with Crippen LogP contribution in [0.1, 0.15) is 6.92 Å². The van der Waals surface area contributed by atoms with Crippen molar-refractivity contribution in [3.05, 3.63) is 0 Å². The molecule has 2 fully saturated rings. The summed E-state index contributed by atoms with van der Waals surface area (Å²) in [6.45, 7) is 6.85. The lowest BCUT2D eigenvalue weighted by Gasteiger charge is -2.36. The standard InChI is InChI=1S/C13H24N6O3/c1-2-22-13(20)19-5-3-17(4-6-19)11(14)16-12(15)18-7-9-21-10-8-18/h2-10H2,1H3,(H3,14,15,16). The molecule has 9 heteroatoms. The van der Waals surface area contributed by atoms with Crippen molar-refractivity contribution >= 4 is 18.0 Å². The molecule has 3 N–H and O–H groups in total. The van der Waals surface area contributed by atoms with Crippen LogP contribution in [0.15, 0.2) is 0 Å². The van der Waals surface area contributed by atoms with Crippen LogP contribution in [0, 0.1) is 10.8 Å². The second-order valence-corrected chi connectivity index (χ2v) is 5.09. The first-order valence-corrected chi connectivity index (χ1v) is 7.55. The van der Waals surface area contributed by atoms with Crippen LogP contribution >= 0.6 is 0 Å². The van der Waals surface area contributed by atoms with E-state index in [0.717, 1.165) is 0 Å². The van der Waals surface area contributed by atoms with E-state index in [2.05, 4.69) is 5.32 Å². The molecule has 9 nitrogen and oxygen atoms in total. The minimum absolute atomic E-state index is 0.194. The summed E-state index contributed by atoms with van der Waals surface area (Å²) in [4.78, 5) is 16.9. The molecule has 2 heterocycles. The second-order valence-electron chi connectivity index (χ2n) is 5.09. The van der Waals surface area contributed by atoms with Gasteiger partial charge in [-0.2, -0.15) is 0 Å². The van der Waals surface area contributed by atoms with E-state index in [0.29, 0.717) is 59.1 Å². The molecule has 2 aliphatic rings. The Morgan fingerprint density at radius 3 is 2.05 bits per heavy atom. The number of ether oxygens (including phenoxy) is 2. The maximum atomic E-state index is 11.6. The van der Waals surface area contributed by atoms with Gasteiger partial charge in [0.1, 0.15) is 0 Å². The third kappa shape index (κ3) is 4.23. The van der Waals surface area contributed by atoms with Crippen molar-refractivity contribution in [3.63, 3.8) is 0 Å². The molecule has 0 aromatic carbocycles. The number of rotatable bonds is 1. The number of morpholine rings is 1. The molecule has 124 valence electrons. The highest BCUT2D eigenvalue weighted by Crippen LogP contribution is 2.04. The summed E-state index contributed by atoms with van der Waals surface area (Å²) >= 11 is 0. The summed E-state index contributed by atoms with van der Waals surface area (Å²) in [5.41, 5.74) is 0. The zero-order valence-electron chi connectivity index (χ0n) is 12.9. The van der Waals surface area contributed by atoms with Crippen molar-refractivity contribution in [2.45, 2.75) is 6.92 Å². The van der Waals surface area contributed by atoms with Gasteiger partial charge in [0.15, 0.2) is 11.9 Å². The van der Waals surface area contributed by atoms with Crippen molar-refractivity contribution < 1.29 is 14.3 Å². The Balaban J connectivity index is 1.75. The van der Waals surface area contributed by atoms with E-state index >= 15 is 0 Å². The lowest BCUT2D eigenvalue weighted by Crippen LogP contribution is -2.57. The van der Waals surface area contributed by atoms with Gasteiger partial charge in [-0.15, -0.1) is 0 Å². The van der Waals surface area contributed by atoms with E-state index < -0.39 is 0 Å². The monoisotopic (exact) mass is 312 g/mol. The number of hydrogen-bond acceptors (Lipinski definition) is 5. The molecule has 1 amide bonds. The summed E-state index contributed by atoms with van der Waals surface area (Å²) in [6, 6.07) is 0. The van der Waals surface area contributed by atoms with Gasteiger partial charge in [0, 0.05) is 39.3 Å². The minimum atomic E-state index is -0.303. The molecule has 0 aromatic rings. The fraction of sp³-hybridized carbons (Fsp3) is 0.769. The molecule has 2 aliphatic heterocycles. The summed E-state index contributed by atoms with van der Waals surface area (Å²) in [5.74, 6) is 0.418. The normalized spacial score (nSPS) is 18.9. The SMILES string of the molecule is CCOC(=O)N1CCN(C(=N)NC(=N)N2CCOCC2)CC1. The van der Waals surface area contributed by atoms with Crippen molar-refractivity contribution in [1.29, 1.82) is 10.8 Å². The molecule has 0 aromatic heterocycles. The molecule has 0 radical (unpaired) electrons. The van der Waals surface area contributed by atoms with Gasteiger partial charge in [-0.25, -0.2) is 4.79 Å². The van der Waals surface area contributed by atoms with Gasteiger partial charge in [0.25, 0.3) is 0 Å². The van der Waals surface area contributed by atoms with Crippen LogP contribution in [-0.2, 0) is 9.47 Å². The zero-order valence-corrected chi connectivity index (χ0v) is 12.9. The summed E-state index contributed by atoms with van der Waals surface area (Å²) < 4.78 is 10.2. The second kappa shape index (κ2) is 7.83. The lowest BCUT2D eigenvalue weighted by molar-refractivity contribution is 0.0665. The minimum Gasteiger partial charge on any atom is -0.450 e. The van der Waals surface area contributed by atoms with E-state index in [4.69, 9.17) is 20.3 Å². The molecular weight excluding hydrogens is 288 g/mol. The van der Waals surface area contributed by atoms with Crippen LogP contribution in [0.2, 0.25) is 0 Å². The van der Waals surface area contributed by atoms with Crippen LogP contribution < -0.4 is 5.32 Å². The van der Waals surface area contributed by atoms with Crippen molar-refractivity contribution in [2.24, 2.45) is 0 Å². The van der Waals surface area contributed by atoms with E-state index in [9.17, 15) is 4.79 Å². The maximum Gasteiger partial charge on any atom is 0.409 e. The fourth-order valence-electron chi connectivity index (χ4n) is 2.38. The molecule has 0 aliphatic carbocycles. The summed E-state index contributed by atoms with van der Waals surface area (Å²) in [7, 11) is 0. The third-order valence-electron chi connectivity index (χ3n) is 3.69. The number of carbonyl (C=O) groups is 1. The van der Waals surface area contributed by atoms with Crippen LogP contribution in [0.25, 0.3) is 0 Å². The average molecular weight is 312 g/mol. The highest BCUT2D eigenvalue weighted by atomic mass is 16.6. The Morgan fingerprint density at radius 1 is 1.00 bits per heavy atom. The predicted molar refractivity (Wildman–Crippen MR) is 81.1 cm³/mol. The number of nitrogens with one attached hydrogen (secondary N) is 3. The van der Waals surface area contributed by atoms with Crippen LogP contribution in [0.3, 0.4) is 0 Å². The first-order chi connectivity index (χ1) is 10.6. The number of amides is 1. The molecule has 22 heavy (non-hydrogen) atoms. The highest BCUT2D eigenvalue weighted by molar-refractivity contribution is 5.95. The Morgan fingerprint density at radius 2 is 1.50 bits per heavy atom. The van der Waals surface area contributed by atoms with E-state index in [1.54, 1.807) is 11.8 Å². The molecule has 0 atom stereocenters. The number of carbonyl (C=O) groups excluding carboxylic acids is 1. The Labute approximate surface area is 130 Å². The number of nitrogens with zero attached hydrogens (tertiary/aromatic N) is 3. The Hall–Kier alpha value is -2.03. The summed E-state index contributed by atoms with van der Waals surface area (Å²) in [5, 5.41) is 18.9. The average Bonchev–Trinajstić information content (AvgIpc) is 2.56. The van der Waals surface area contributed by atoms with Gasteiger partial charge in [-0.1, -0.05) is 0 Å². The van der Waals surface area contributed by atoms with Crippen molar-refractivity contribution in [2.75, 3.05) is 59.1 Å². The summed E-state index contributed by atoms with van der Waals surface area (Å²) in [6.07, 6.45) is -0.303. The molecule has 2 saturated heterocycles. The topological polar surface area (TPSA) is 105 Å². The first kappa shape index (κ1) is 16.3. The third-order valence-corrected chi connectivity index (χ3v) is 3.69. The van der Waals surface area contributed by atoms with E-state index in [1.807, 2.05) is 9.80 Å². The maximum absolute atomic E-state index is 11.6. The van der Waals surface area contributed by atoms with Crippen molar-refractivity contribution in [1.82, 2.24) is 20.0 Å². The van der Waals surface area contributed by atoms with Crippen LogP contribution in [0.5, 0.6) is 0 Å². The Bertz CT molecular complexity index is 416. The predicted octanol–water partition coefficient (Wildman–Crippen LogP) is -0.448. The number of guanidine groups is 2. The van der Waals surface area contributed by atoms with Gasteiger partial charge in [-0.3, -0.25) is 16.1 Å². The number of piperazine rings is 1. The van der Waals surface area contributed by atoms with Crippen LogP contribution in [-0.4, -0.2) is 91.8 Å². The van der Waals surface area contributed by atoms with Gasteiger partial charge >= 0.3 is 6.09 Å². The first-order valence-electron chi connectivity index (χ1n) is 7.55. The smallest absolute Gasteiger partial charge is 0.409 e. The largest absolute Gasteiger partial charge is 0.450 e. The van der Waals surface area contributed by atoms with Gasteiger partial charge in [0.2, 0.25) is 0 Å². The van der Waals surface area contributed by atoms with Gasteiger partial charge < -0.3 is 24.2 Å². The van der Waals surface area contributed by atoms with Crippen molar-refractivity contribution in [3.8, 4) is 0 Å². The van der Waals surface area contributed by atoms with E-state index in [1.165, 1.54) is 0 Å². The molecule has 0 unspecified atom stereocenters. The lowest BCUT2D eigenvalue weighted by atomic mass is 10.3. The molecular formula is C13H24N6O3. The Kier molecular flexibility index (Phi) is 5.82. The molecule has 0 bridgehead atoms. The highest BCUT2D eigenvalue weighted by Gasteiger charge is 2.24. The number of hydrogen-bond donors (Lipinski definition) is 3. The fourth-order valence-corrected chi connectivity index (χ4v) is 2.38. The van der Waals surface area contributed by atoms with Gasteiger partial charge in [0.05, 0.1) is 19.8 Å². The zero-order chi connectivity index (χ0) is 15.9. The van der Waals surface area contributed by atoms with E-state index in [-0.39, 0.29) is 18.0 Å². The molecule has 0 spiro atoms. The van der Waals surface area contributed by atoms with Gasteiger partial charge in [-0.05, 0) is 6.92 Å². The van der Waals surface area contributed by atoms with Crippen LogP contribution in [0.4, 0.5) is 4.79 Å². The quantitative estimate of drug-likeness (QED) is 0.447. The molecule has 0 saturated carbocycles. The molecule has 2 rings (SSSR count).